The van der Waals surface area contributed by atoms with Crippen molar-refractivity contribution in [2.24, 2.45) is 0 Å². The second-order valence-electron chi connectivity index (χ2n) is 4.37. The van der Waals surface area contributed by atoms with Gasteiger partial charge in [-0.15, -0.1) is 0 Å². The molecule has 0 radical (unpaired) electrons. The van der Waals surface area contributed by atoms with Crippen molar-refractivity contribution in [3.05, 3.63) is 63.3 Å². The molecular weight excluding hydrogens is 299 g/mol. The largest absolute Gasteiger partial charge is 0.478 e. The van der Waals surface area contributed by atoms with Crippen LogP contribution in [-0.4, -0.2) is 20.6 Å². The molecule has 0 spiro atoms. The Hall–Kier alpha value is -2.60. The monoisotopic (exact) mass is 306 g/mol. The number of halogens is 2. The first-order valence-corrected chi connectivity index (χ1v) is 6.29. The highest BCUT2D eigenvalue weighted by Crippen LogP contribution is 2.23. The third-order valence-corrected chi connectivity index (χ3v) is 3.32. The van der Waals surface area contributed by atoms with Crippen molar-refractivity contribution in [2.45, 2.75) is 0 Å². The molecule has 5 nitrogen and oxygen atoms in total. The normalized spacial score (nSPS) is 11.0. The highest BCUT2D eigenvalue weighted by Gasteiger charge is 2.18. The number of benzene rings is 2. The minimum Gasteiger partial charge on any atom is -0.478 e. The SMILES string of the molecule is O=C(O)c1cccc2[nH]c(=O)n(-c3cc(Cl)ccc3F)c12. The van der Waals surface area contributed by atoms with Crippen LogP contribution in [0.1, 0.15) is 10.4 Å². The molecule has 21 heavy (non-hydrogen) atoms. The Kier molecular flexibility index (Phi) is 3.03. The molecule has 0 aliphatic carbocycles. The molecule has 0 amide bonds. The van der Waals surface area contributed by atoms with E-state index in [1.807, 2.05) is 0 Å². The molecule has 1 aromatic heterocycles. The zero-order chi connectivity index (χ0) is 15.1. The first kappa shape index (κ1) is 13.4. The van der Waals surface area contributed by atoms with Crippen LogP contribution >= 0.6 is 11.6 Å². The molecule has 106 valence electrons. The molecule has 2 N–H and O–H groups in total. The number of aromatic carboxylic acids is 1. The van der Waals surface area contributed by atoms with E-state index in [-0.39, 0.29) is 21.8 Å². The first-order chi connectivity index (χ1) is 9.99. The van der Waals surface area contributed by atoms with Gasteiger partial charge < -0.3 is 10.1 Å². The molecule has 3 rings (SSSR count). The molecule has 7 heteroatoms. The lowest BCUT2D eigenvalue weighted by Crippen LogP contribution is -2.17. The standard InChI is InChI=1S/C14H8ClFN2O3/c15-7-4-5-9(16)11(6-7)18-12-8(13(19)20)2-1-3-10(12)17-14(18)21/h1-6H,(H,17,21)(H,19,20). The maximum atomic E-state index is 14.0. The number of fused-ring (bicyclic) bond motifs is 1. The first-order valence-electron chi connectivity index (χ1n) is 5.91. The maximum Gasteiger partial charge on any atom is 0.337 e. The third kappa shape index (κ3) is 2.09. The summed E-state index contributed by atoms with van der Waals surface area (Å²) < 4.78 is 15.0. The molecule has 0 unspecified atom stereocenters. The number of hydrogen-bond donors (Lipinski definition) is 2. The van der Waals surface area contributed by atoms with Gasteiger partial charge >= 0.3 is 11.7 Å². The van der Waals surface area contributed by atoms with Crippen LogP contribution in [0.5, 0.6) is 0 Å². The van der Waals surface area contributed by atoms with E-state index in [0.29, 0.717) is 5.52 Å². The summed E-state index contributed by atoms with van der Waals surface area (Å²) >= 11 is 5.83. The van der Waals surface area contributed by atoms with E-state index < -0.39 is 17.5 Å². The fraction of sp³-hybridized carbons (Fsp3) is 0. The second kappa shape index (κ2) is 4.75. The van der Waals surface area contributed by atoms with Crippen molar-refractivity contribution in [2.75, 3.05) is 0 Å². The molecule has 2 aromatic carbocycles. The van der Waals surface area contributed by atoms with Gasteiger partial charge in [0.1, 0.15) is 5.82 Å². The third-order valence-electron chi connectivity index (χ3n) is 3.08. The van der Waals surface area contributed by atoms with Gasteiger partial charge in [0, 0.05) is 5.02 Å². The quantitative estimate of drug-likeness (QED) is 0.764. The fourth-order valence-corrected chi connectivity index (χ4v) is 2.38. The van der Waals surface area contributed by atoms with E-state index in [0.717, 1.165) is 10.6 Å². The van der Waals surface area contributed by atoms with Crippen LogP contribution < -0.4 is 5.69 Å². The summed E-state index contributed by atoms with van der Waals surface area (Å²) in [5.74, 6) is -1.89. The van der Waals surface area contributed by atoms with Gasteiger partial charge in [-0.1, -0.05) is 17.7 Å². The number of hydrogen-bond acceptors (Lipinski definition) is 2. The molecule has 0 atom stereocenters. The Morgan fingerprint density at radius 1 is 1.29 bits per heavy atom. The van der Waals surface area contributed by atoms with E-state index in [4.69, 9.17) is 11.6 Å². The number of nitrogens with one attached hydrogen (secondary N) is 1. The Balaban J connectivity index is 2.48. The van der Waals surface area contributed by atoms with Crippen molar-refractivity contribution in [1.82, 2.24) is 9.55 Å². The molecule has 0 aliphatic heterocycles. The summed E-state index contributed by atoms with van der Waals surface area (Å²) in [4.78, 5) is 25.9. The Bertz CT molecular complexity index is 930. The van der Waals surface area contributed by atoms with Crippen LogP contribution in [0.4, 0.5) is 4.39 Å². The number of carbonyl (C=O) groups is 1. The summed E-state index contributed by atoms with van der Waals surface area (Å²) in [6.45, 7) is 0. The van der Waals surface area contributed by atoms with Gasteiger partial charge in [-0.05, 0) is 30.3 Å². The smallest absolute Gasteiger partial charge is 0.337 e. The fourth-order valence-electron chi connectivity index (χ4n) is 2.22. The van der Waals surface area contributed by atoms with Crippen LogP contribution in [-0.2, 0) is 0 Å². The number of rotatable bonds is 2. The zero-order valence-electron chi connectivity index (χ0n) is 10.4. The molecule has 0 bridgehead atoms. The van der Waals surface area contributed by atoms with Gasteiger partial charge in [0.15, 0.2) is 0 Å². The highest BCUT2D eigenvalue weighted by molar-refractivity contribution is 6.30. The predicted molar refractivity (Wildman–Crippen MR) is 75.8 cm³/mol. The van der Waals surface area contributed by atoms with Crippen LogP contribution in [0.2, 0.25) is 5.02 Å². The van der Waals surface area contributed by atoms with Crippen molar-refractivity contribution < 1.29 is 14.3 Å². The Morgan fingerprint density at radius 3 is 2.76 bits per heavy atom. The summed E-state index contributed by atoms with van der Waals surface area (Å²) in [5, 5.41) is 9.47. The summed E-state index contributed by atoms with van der Waals surface area (Å²) in [5.41, 5.74) is -0.451. The van der Waals surface area contributed by atoms with Crippen LogP contribution in [0.3, 0.4) is 0 Å². The lowest BCUT2D eigenvalue weighted by Gasteiger charge is -2.07. The summed E-state index contributed by atoms with van der Waals surface area (Å²) in [7, 11) is 0. The summed E-state index contributed by atoms with van der Waals surface area (Å²) in [6, 6.07) is 8.12. The number of carboxylic acids is 1. The minimum atomic E-state index is -1.21. The van der Waals surface area contributed by atoms with Gasteiger partial charge in [0.05, 0.1) is 22.3 Å². The van der Waals surface area contributed by atoms with Gasteiger partial charge in [-0.25, -0.2) is 14.0 Å². The van der Waals surface area contributed by atoms with Crippen LogP contribution in [0.25, 0.3) is 16.7 Å². The van der Waals surface area contributed by atoms with Crippen molar-refractivity contribution in [3.63, 3.8) is 0 Å². The highest BCUT2D eigenvalue weighted by atomic mass is 35.5. The average molecular weight is 307 g/mol. The average Bonchev–Trinajstić information content (AvgIpc) is 2.77. The zero-order valence-corrected chi connectivity index (χ0v) is 11.2. The second-order valence-corrected chi connectivity index (χ2v) is 4.80. The lowest BCUT2D eigenvalue weighted by atomic mass is 10.1. The van der Waals surface area contributed by atoms with E-state index in [1.54, 1.807) is 6.07 Å². The summed E-state index contributed by atoms with van der Waals surface area (Å²) in [6.07, 6.45) is 0. The predicted octanol–water partition coefficient (Wildman–Crippen LogP) is 2.81. The number of aromatic amines is 1. The molecule has 0 fully saturated rings. The van der Waals surface area contributed by atoms with Crippen LogP contribution in [0.15, 0.2) is 41.2 Å². The number of H-pyrrole nitrogens is 1. The van der Waals surface area contributed by atoms with E-state index in [1.165, 1.54) is 24.3 Å². The van der Waals surface area contributed by atoms with Gasteiger partial charge in [-0.2, -0.15) is 0 Å². The van der Waals surface area contributed by atoms with Crippen molar-refractivity contribution >= 4 is 28.6 Å². The molecule has 0 saturated carbocycles. The Morgan fingerprint density at radius 2 is 2.05 bits per heavy atom. The van der Waals surface area contributed by atoms with Crippen LogP contribution in [0, 0.1) is 5.82 Å². The van der Waals surface area contributed by atoms with Crippen molar-refractivity contribution in [1.29, 1.82) is 0 Å². The minimum absolute atomic E-state index is 0.0937. The maximum absolute atomic E-state index is 14.0. The molecular formula is C14H8ClFN2O3. The Labute approximate surface area is 122 Å². The van der Waals surface area contributed by atoms with Gasteiger partial charge in [0.25, 0.3) is 0 Å². The molecule has 3 aromatic rings. The number of aromatic nitrogens is 2. The van der Waals surface area contributed by atoms with E-state index in [2.05, 4.69) is 4.98 Å². The molecule has 0 saturated heterocycles. The number of carboxylic acid groups (broad SMARTS) is 1. The van der Waals surface area contributed by atoms with Crippen molar-refractivity contribution in [3.8, 4) is 5.69 Å². The van der Waals surface area contributed by atoms with Gasteiger partial charge in [0.2, 0.25) is 0 Å². The van der Waals surface area contributed by atoms with Gasteiger partial charge in [-0.3, -0.25) is 4.57 Å². The topological polar surface area (TPSA) is 75.1 Å². The number of imidazole rings is 1. The van der Waals surface area contributed by atoms with E-state index >= 15 is 0 Å². The lowest BCUT2D eigenvalue weighted by molar-refractivity contribution is 0.0698. The molecule has 0 aliphatic rings. The van der Waals surface area contributed by atoms with E-state index in [9.17, 15) is 19.1 Å². The molecule has 1 heterocycles. The number of para-hydroxylation sites is 1. The number of nitrogens with zero attached hydrogens (tertiary/aromatic N) is 1.